The van der Waals surface area contributed by atoms with Crippen LogP contribution in [0, 0.1) is 0 Å². The maximum atomic E-state index is 12.5. The zero-order valence-electron chi connectivity index (χ0n) is 54.6. The number of aliphatic hydroxyl groups excluding tert-OH is 2. The average Bonchev–Trinajstić information content (AvgIpc) is 3.46. The first-order valence-corrected chi connectivity index (χ1v) is 36.9. The second-order valence-corrected chi connectivity index (χ2v) is 25.6. The molecule has 0 aliphatic heterocycles. The summed E-state index contributed by atoms with van der Waals surface area (Å²) in [4.78, 5) is 24.5. The van der Waals surface area contributed by atoms with E-state index in [0.717, 1.165) is 44.9 Å². The molecule has 0 spiro atoms. The van der Waals surface area contributed by atoms with Crippen molar-refractivity contribution in [3.63, 3.8) is 0 Å². The molecule has 1 amide bonds. The predicted molar refractivity (Wildman–Crippen MR) is 352 cm³/mol. The highest BCUT2D eigenvalue weighted by atomic mass is 16.5. The molecule has 0 aliphatic rings. The number of hydrogen-bond donors (Lipinski definition) is 3. The quantitative estimate of drug-likeness (QED) is 0.0320. The number of nitrogens with one attached hydrogen (secondary N) is 1. The summed E-state index contributed by atoms with van der Waals surface area (Å²) in [7, 11) is 0. The molecule has 0 bridgehead atoms. The summed E-state index contributed by atoms with van der Waals surface area (Å²) >= 11 is 0. The SMILES string of the molecule is CCCC/C=C\CCCCCCCC(=O)OCCCCCCCCCCCCCCCCCCCCCCCCCCCCCCCCCCCCCCCC(=O)NC(CO)C(O)CCCCCCCCCCCCCCCCC. The molecule has 0 aromatic carbocycles. The largest absolute Gasteiger partial charge is 0.466 e. The van der Waals surface area contributed by atoms with Gasteiger partial charge in [0.15, 0.2) is 0 Å². The smallest absolute Gasteiger partial charge is 0.305 e. The number of hydrogen-bond acceptors (Lipinski definition) is 5. The molecular formula is C74H145NO5. The Morgan fingerprint density at radius 1 is 0.338 bits per heavy atom. The van der Waals surface area contributed by atoms with E-state index in [2.05, 4.69) is 31.3 Å². The molecule has 6 nitrogen and oxygen atoms in total. The standard InChI is InChI=1S/C74H145NO5/c1-3-5-7-9-11-13-15-16-40-43-47-50-54-58-62-66-72(77)71(70-76)75-73(78)67-63-59-55-51-48-44-41-38-36-34-32-30-28-26-24-22-20-18-17-19-21-23-25-27-29-31-33-35-37-39-42-45-49-53-57-61-65-69-80-74(79)68-64-60-56-52-46-14-12-10-8-6-4-2/h10,12,71-72,76-77H,3-9,11,13-70H2,1-2H3,(H,75,78)/b12-10-. The number of carbonyl (C=O) groups is 2. The van der Waals surface area contributed by atoms with Crippen LogP contribution in [-0.2, 0) is 14.3 Å². The minimum absolute atomic E-state index is 0.0129. The lowest BCUT2D eigenvalue weighted by Gasteiger charge is -2.22. The van der Waals surface area contributed by atoms with Gasteiger partial charge in [0, 0.05) is 12.8 Å². The van der Waals surface area contributed by atoms with Crippen molar-refractivity contribution in [2.24, 2.45) is 0 Å². The predicted octanol–water partition coefficient (Wildman–Crippen LogP) is 23.9. The van der Waals surface area contributed by atoms with Gasteiger partial charge in [-0.05, 0) is 44.9 Å². The van der Waals surface area contributed by atoms with E-state index >= 15 is 0 Å². The van der Waals surface area contributed by atoms with Crippen LogP contribution in [0.15, 0.2) is 12.2 Å². The summed E-state index contributed by atoms with van der Waals surface area (Å²) in [6.45, 7) is 4.96. The minimum atomic E-state index is -0.659. The van der Waals surface area contributed by atoms with Crippen molar-refractivity contribution >= 4 is 11.9 Å². The Bertz CT molecular complexity index is 1210. The Hall–Kier alpha value is -1.40. The Labute approximate surface area is 501 Å². The molecule has 2 atom stereocenters. The number of allylic oxidation sites excluding steroid dienone is 2. The summed E-state index contributed by atoms with van der Waals surface area (Å²) < 4.78 is 5.47. The first-order valence-electron chi connectivity index (χ1n) is 36.9. The molecule has 0 saturated carbocycles. The van der Waals surface area contributed by atoms with E-state index in [1.54, 1.807) is 0 Å². The fourth-order valence-electron chi connectivity index (χ4n) is 11.9. The van der Waals surface area contributed by atoms with E-state index in [-0.39, 0.29) is 18.5 Å². The number of ether oxygens (including phenoxy) is 1. The molecular weight excluding hydrogens is 983 g/mol. The third kappa shape index (κ3) is 65.7. The van der Waals surface area contributed by atoms with Crippen LogP contribution in [0.5, 0.6) is 0 Å². The van der Waals surface area contributed by atoms with Crippen LogP contribution in [0.25, 0.3) is 0 Å². The van der Waals surface area contributed by atoms with Gasteiger partial charge in [0.1, 0.15) is 0 Å². The van der Waals surface area contributed by atoms with Crippen LogP contribution in [0.3, 0.4) is 0 Å². The Morgan fingerprint density at radius 2 is 0.600 bits per heavy atom. The molecule has 80 heavy (non-hydrogen) atoms. The zero-order valence-corrected chi connectivity index (χ0v) is 54.6. The van der Waals surface area contributed by atoms with Crippen molar-refractivity contribution in [3.05, 3.63) is 12.2 Å². The number of amides is 1. The molecule has 476 valence electrons. The third-order valence-corrected chi connectivity index (χ3v) is 17.6. The van der Waals surface area contributed by atoms with Gasteiger partial charge in [-0.15, -0.1) is 0 Å². The van der Waals surface area contributed by atoms with Gasteiger partial charge in [0.25, 0.3) is 0 Å². The molecule has 0 fully saturated rings. The third-order valence-electron chi connectivity index (χ3n) is 17.6. The number of rotatable bonds is 70. The lowest BCUT2D eigenvalue weighted by molar-refractivity contribution is -0.143. The van der Waals surface area contributed by atoms with Crippen molar-refractivity contribution < 1.29 is 24.5 Å². The average molecular weight is 1130 g/mol. The maximum Gasteiger partial charge on any atom is 0.305 e. The van der Waals surface area contributed by atoms with Gasteiger partial charge in [0.05, 0.1) is 25.4 Å². The second-order valence-electron chi connectivity index (χ2n) is 25.6. The van der Waals surface area contributed by atoms with Gasteiger partial charge in [-0.2, -0.15) is 0 Å². The van der Waals surface area contributed by atoms with Gasteiger partial charge < -0.3 is 20.3 Å². The van der Waals surface area contributed by atoms with Crippen LogP contribution < -0.4 is 5.32 Å². The number of carbonyl (C=O) groups excluding carboxylic acids is 2. The van der Waals surface area contributed by atoms with E-state index < -0.39 is 12.1 Å². The second kappa shape index (κ2) is 70.1. The van der Waals surface area contributed by atoms with E-state index in [9.17, 15) is 19.8 Å². The fourth-order valence-corrected chi connectivity index (χ4v) is 11.9. The normalized spacial score (nSPS) is 12.5. The van der Waals surface area contributed by atoms with Gasteiger partial charge in [0.2, 0.25) is 5.91 Å². The summed E-state index contributed by atoms with van der Waals surface area (Å²) in [5, 5.41) is 23.3. The molecule has 0 aliphatic carbocycles. The van der Waals surface area contributed by atoms with Crippen molar-refractivity contribution in [2.75, 3.05) is 13.2 Å². The van der Waals surface area contributed by atoms with Crippen LogP contribution in [0.2, 0.25) is 0 Å². The van der Waals surface area contributed by atoms with Crippen molar-refractivity contribution in [1.82, 2.24) is 5.32 Å². The lowest BCUT2D eigenvalue weighted by atomic mass is 10.0. The Morgan fingerprint density at radius 3 is 0.925 bits per heavy atom. The minimum Gasteiger partial charge on any atom is -0.466 e. The van der Waals surface area contributed by atoms with Crippen molar-refractivity contribution in [3.8, 4) is 0 Å². The molecule has 0 heterocycles. The highest BCUT2D eigenvalue weighted by Crippen LogP contribution is 2.20. The molecule has 0 aromatic heterocycles. The van der Waals surface area contributed by atoms with Gasteiger partial charge in [-0.1, -0.05) is 379 Å². The summed E-state index contributed by atoms with van der Waals surface area (Å²) in [5.41, 5.74) is 0. The van der Waals surface area contributed by atoms with Crippen LogP contribution in [0.4, 0.5) is 0 Å². The number of unbranched alkanes of at least 4 members (excludes halogenated alkanes) is 57. The molecule has 3 N–H and O–H groups in total. The van der Waals surface area contributed by atoms with Crippen molar-refractivity contribution in [2.45, 2.75) is 437 Å². The summed E-state index contributed by atoms with van der Waals surface area (Å²) in [6, 6.07) is -0.536. The number of aliphatic hydroxyl groups is 2. The summed E-state index contributed by atoms with van der Waals surface area (Å²) in [5.74, 6) is -0.0127. The van der Waals surface area contributed by atoms with E-state index in [4.69, 9.17) is 4.74 Å². The first kappa shape index (κ1) is 78.6. The molecule has 6 heteroatoms. The van der Waals surface area contributed by atoms with Crippen molar-refractivity contribution in [1.29, 1.82) is 0 Å². The first-order chi connectivity index (χ1) is 39.5. The van der Waals surface area contributed by atoms with Gasteiger partial charge in [-0.3, -0.25) is 9.59 Å². The maximum absolute atomic E-state index is 12.5. The molecule has 0 rings (SSSR count). The highest BCUT2D eigenvalue weighted by molar-refractivity contribution is 5.76. The van der Waals surface area contributed by atoms with Crippen LogP contribution in [-0.4, -0.2) is 47.4 Å². The van der Waals surface area contributed by atoms with Gasteiger partial charge >= 0.3 is 5.97 Å². The molecule has 0 saturated heterocycles. The zero-order chi connectivity index (χ0) is 57.8. The Balaban J connectivity index is 3.29. The highest BCUT2D eigenvalue weighted by Gasteiger charge is 2.20. The van der Waals surface area contributed by atoms with Crippen LogP contribution >= 0.6 is 0 Å². The monoisotopic (exact) mass is 1130 g/mol. The van der Waals surface area contributed by atoms with Gasteiger partial charge in [-0.25, -0.2) is 0 Å². The van der Waals surface area contributed by atoms with E-state index in [1.165, 1.54) is 347 Å². The summed E-state index contributed by atoms with van der Waals surface area (Å²) in [6.07, 6.45) is 87.3. The molecule has 0 aromatic rings. The fraction of sp³-hybridized carbons (Fsp3) is 0.946. The van der Waals surface area contributed by atoms with E-state index in [0.29, 0.717) is 25.9 Å². The topological polar surface area (TPSA) is 95.9 Å². The molecule has 0 radical (unpaired) electrons. The Kier molecular flexibility index (Phi) is 68.9. The lowest BCUT2D eigenvalue weighted by Crippen LogP contribution is -2.45. The molecule has 2 unspecified atom stereocenters. The number of esters is 1. The van der Waals surface area contributed by atoms with Crippen LogP contribution in [0.1, 0.15) is 425 Å². The van der Waals surface area contributed by atoms with E-state index in [1.807, 2.05) is 0 Å².